The van der Waals surface area contributed by atoms with Crippen molar-refractivity contribution >= 4 is 17.7 Å². The largest absolute Gasteiger partial charge is 0.480 e. The summed E-state index contributed by atoms with van der Waals surface area (Å²) in [4.78, 5) is 33.8. The Labute approximate surface area is 99.3 Å². The average molecular weight is 243 g/mol. The SMILES string of the molecule is CCCCOC(=O)[C@H]1CC(=O)CNC1C(=O)O. The van der Waals surface area contributed by atoms with Crippen LogP contribution >= 0.6 is 0 Å². The Hall–Kier alpha value is -1.43. The van der Waals surface area contributed by atoms with Gasteiger partial charge in [-0.1, -0.05) is 13.3 Å². The number of rotatable bonds is 5. The first-order valence-electron chi connectivity index (χ1n) is 5.70. The van der Waals surface area contributed by atoms with Crippen LogP contribution in [0.3, 0.4) is 0 Å². The molecule has 0 saturated carbocycles. The van der Waals surface area contributed by atoms with Crippen molar-refractivity contribution in [3.63, 3.8) is 0 Å². The van der Waals surface area contributed by atoms with Gasteiger partial charge in [-0.05, 0) is 6.42 Å². The van der Waals surface area contributed by atoms with E-state index in [1.165, 1.54) is 0 Å². The van der Waals surface area contributed by atoms with Gasteiger partial charge in [0.2, 0.25) is 0 Å². The van der Waals surface area contributed by atoms with Crippen LogP contribution in [0.5, 0.6) is 0 Å². The van der Waals surface area contributed by atoms with Crippen molar-refractivity contribution in [2.45, 2.75) is 32.2 Å². The topological polar surface area (TPSA) is 92.7 Å². The van der Waals surface area contributed by atoms with E-state index >= 15 is 0 Å². The Morgan fingerprint density at radius 3 is 2.82 bits per heavy atom. The number of nitrogens with one attached hydrogen (secondary N) is 1. The highest BCUT2D eigenvalue weighted by atomic mass is 16.5. The van der Waals surface area contributed by atoms with Gasteiger partial charge in [-0.15, -0.1) is 0 Å². The predicted octanol–water partition coefficient (Wildman–Crippen LogP) is -0.0385. The smallest absolute Gasteiger partial charge is 0.321 e. The molecule has 0 aromatic carbocycles. The van der Waals surface area contributed by atoms with Gasteiger partial charge in [-0.3, -0.25) is 19.7 Å². The first-order chi connectivity index (χ1) is 8.06. The summed E-state index contributed by atoms with van der Waals surface area (Å²) in [6.07, 6.45) is 1.56. The van der Waals surface area contributed by atoms with E-state index in [9.17, 15) is 14.4 Å². The monoisotopic (exact) mass is 243 g/mol. The van der Waals surface area contributed by atoms with Gasteiger partial charge in [0.25, 0.3) is 0 Å². The van der Waals surface area contributed by atoms with E-state index in [1.54, 1.807) is 0 Å². The number of hydrogen-bond donors (Lipinski definition) is 2. The molecule has 96 valence electrons. The molecule has 1 aliphatic rings. The molecule has 1 aliphatic heterocycles. The summed E-state index contributed by atoms with van der Waals surface area (Å²) in [5.74, 6) is -2.81. The number of aliphatic carboxylic acids is 1. The minimum atomic E-state index is -1.13. The number of carboxylic acid groups (broad SMARTS) is 1. The molecule has 1 unspecified atom stereocenters. The summed E-state index contributed by atoms with van der Waals surface area (Å²) < 4.78 is 4.96. The van der Waals surface area contributed by atoms with Crippen molar-refractivity contribution in [3.05, 3.63) is 0 Å². The molecule has 0 amide bonds. The zero-order valence-electron chi connectivity index (χ0n) is 9.77. The number of ether oxygens (including phenoxy) is 1. The molecule has 2 atom stereocenters. The Bertz CT molecular complexity index is 315. The van der Waals surface area contributed by atoms with Crippen LogP contribution in [-0.2, 0) is 19.1 Å². The summed E-state index contributed by atoms with van der Waals surface area (Å²) >= 11 is 0. The third-order valence-corrected chi connectivity index (χ3v) is 2.68. The summed E-state index contributed by atoms with van der Waals surface area (Å²) in [7, 11) is 0. The number of unbranched alkanes of at least 4 members (excludes halogenated alkanes) is 1. The number of carbonyl (C=O) groups excluding carboxylic acids is 2. The lowest BCUT2D eigenvalue weighted by Crippen LogP contribution is -2.53. The van der Waals surface area contributed by atoms with Crippen LogP contribution in [-0.4, -0.2) is 42.0 Å². The lowest BCUT2D eigenvalue weighted by molar-refractivity contribution is -0.158. The summed E-state index contributed by atoms with van der Waals surface area (Å²) in [5.41, 5.74) is 0. The van der Waals surface area contributed by atoms with E-state index in [2.05, 4.69) is 5.32 Å². The fourth-order valence-electron chi connectivity index (χ4n) is 1.70. The third-order valence-electron chi connectivity index (χ3n) is 2.68. The fraction of sp³-hybridized carbons (Fsp3) is 0.727. The van der Waals surface area contributed by atoms with E-state index in [-0.39, 0.29) is 25.4 Å². The number of carboxylic acids is 1. The average Bonchev–Trinajstić information content (AvgIpc) is 2.28. The highest BCUT2D eigenvalue weighted by Crippen LogP contribution is 2.17. The normalized spacial score (nSPS) is 24.4. The second-order valence-electron chi connectivity index (χ2n) is 4.07. The molecule has 1 saturated heterocycles. The van der Waals surface area contributed by atoms with Gasteiger partial charge in [-0.2, -0.15) is 0 Å². The molecule has 0 spiro atoms. The molecule has 0 bridgehead atoms. The van der Waals surface area contributed by atoms with Gasteiger partial charge in [0.15, 0.2) is 0 Å². The predicted molar refractivity (Wildman–Crippen MR) is 58.4 cm³/mol. The number of Topliss-reactive ketones (excluding diaryl/α,β-unsaturated/α-hetero) is 1. The Kier molecular flexibility index (Phi) is 5.09. The summed E-state index contributed by atoms with van der Waals surface area (Å²) in [6.45, 7) is 2.22. The molecule has 6 nitrogen and oxygen atoms in total. The molecule has 1 fully saturated rings. The molecule has 1 heterocycles. The van der Waals surface area contributed by atoms with E-state index in [0.29, 0.717) is 0 Å². The molecule has 2 N–H and O–H groups in total. The van der Waals surface area contributed by atoms with E-state index < -0.39 is 23.9 Å². The maximum absolute atomic E-state index is 11.7. The zero-order valence-corrected chi connectivity index (χ0v) is 9.77. The number of piperidine rings is 1. The van der Waals surface area contributed by atoms with Crippen LogP contribution in [0, 0.1) is 5.92 Å². The minimum Gasteiger partial charge on any atom is -0.480 e. The second-order valence-corrected chi connectivity index (χ2v) is 4.07. The quantitative estimate of drug-likeness (QED) is 0.520. The van der Waals surface area contributed by atoms with Crippen molar-refractivity contribution in [2.75, 3.05) is 13.2 Å². The first kappa shape index (κ1) is 13.6. The number of carbonyl (C=O) groups is 3. The van der Waals surface area contributed by atoms with Crippen molar-refractivity contribution in [1.82, 2.24) is 5.32 Å². The van der Waals surface area contributed by atoms with E-state index in [4.69, 9.17) is 9.84 Å². The van der Waals surface area contributed by atoms with Crippen LogP contribution in [0.4, 0.5) is 0 Å². The molecule has 17 heavy (non-hydrogen) atoms. The van der Waals surface area contributed by atoms with Crippen molar-refractivity contribution in [1.29, 1.82) is 0 Å². The van der Waals surface area contributed by atoms with E-state index in [1.807, 2.05) is 6.92 Å². The Morgan fingerprint density at radius 1 is 1.53 bits per heavy atom. The van der Waals surface area contributed by atoms with Crippen LogP contribution in [0.15, 0.2) is 0 Å². The van der Waals surface area contributed by atoms with Gasteiger partial charge in [0.1, 0.15) is 11.8 Å². The zero-order chi connectivity index (χ0) is 12.8. The lowest BCUT2D eigenvalue weighted by Gasteiger charge is -2.27. The highest BCUT2D eigenvalue weighted by molar-refractivity contribution is 5.92. The maximum Gasteiger partial charge on any atom is 0.321 e. The van der Waals surface area contributed by atoms with Crippen molar-refractivity contribution < 1.29 is 24.2 Å². The minimum absolute atomic E-state index is 0.00426. The first-order valence-corrected chi connectivity index (χ1v) is 5.70. The molecule has 6 heteroatoms. The summed E-state index contributed by atoms with van der Waals surface area (Å²) in [6, 6.07) is -1.03. The van der Waals surface area contributed by atoms with Crippen molar-refractivity contribution in [2.24, 2.45) is 5.92 Å². The van der Waals surface area contributed by atoms with Crippen LogP contribution in [0.2, 0.25) is 0 Å². The Morgan fingerprint density at radius 2 is 2.24 bits per heavy atom. The fourth-order valence-corrected chi connectivity index (χ4v) is 1.70. The van der Waals surface area contributed by atoms with Crippen molar-refractivity contribution in [3.8, 4) is 0 Å². The molecular formula is C11H17NO5. The van der Waals surface area contributed by atoms with Gasteiger partial charge >= 0.3 is 11.9 Å². The molecule has 1 rings (SSSR count). The van der Waals surface area contributed by atoms with Gasteiger partial charge in [-0.25, -0.2) is 0 Å². The Balaban J connectivity index is 2.59. The lowest BCUT2D eigenvalue weighted by atomic mass is 9.90. The standard InChI is InChI=1S/C11H17NO5/c1-2-3-4-17-11(16)8-5-7(13)6-12-9(8)10(14)15/h8-9,12H,2-6H2,1H3,(H,14,15)/t8-,9?/m0/s1. The molecule has 0 radical (unpaired) electrons. The van der Waals surface area contributed by atoms with E-state index in [0.717, 1.165) is 12.8 Å². The molecule has 0 aromatic rings. The number of hydrogen-bond acceptors (Lipinski definition) is 5. The van der Waals surface area contributed by atoms with Gasteiger partial charge < -0.3 is 9.84 Å². The van der Waals surface area contributed by atoms with Gasteiger partial charge in [0.05, 0.1) is 19.1 Å². The van der Waals surface area contributed by atoms with Crippen LogP contribution in [0.25, 0.3) is 0 Å². The highest BCUT2D eigenvalue weighted by Gasteiger charge is 2.39. The second kappa shape index (κ2) is 6.34. The molecule has 0 aromatic heterocycles. The van der Waals surface area contributed by atoms with Crippen LogP contribution < -0.4 is 5.32 Å². The van der Waals surface area contributed by atoms with Gasteiger partial charge in [0, 0.05) is 6.42 Å². The summed E-state index contributed by atoms with van der Waals surface area (Å²) in [5, 5.41) is 11.5. The van der Waals surface area contributed by atoms with Crippen LogP contribution in [0.1, 0.15) is 26.2 Å². The molecule has 0 aliphatic carbocycles. The molecular weight excluding hydrogens is 226 g/mol. The maximum atomic E-state index is 11.7. The number of ketones is 1. The number of esters is 1. The third kappa shape index (κ3) is 3.81.